The van der Waals surface area contributed by atoms with Gasteiger partial charge in [-0.3, -0.25) is 4.79 Å². The van der Waals surface area contributed by atoms with Gasteiger partial charge in [-0.25, -0.2) is 0 Å². The van der Waals surface area contributed by atoms with E-state index in [0.29, 0.717) is 36.7 Å². The highest BCUT2D eigenvalue weighted by Crippen LogP contribution is 2.67. The first-order valence-corrected chi connectivity index (χ1v) is 16.4. The van der Waals surface area contributed by atoms with E-state index in [-0.39, 0.29) is 5.41 Å². The summed E-state index contributed by atoms with van der Waals surface area (Å²) in [7, 11) is 0. The van der Waals surface area contributed by atoms with Crippen LogP contribution in [-0.4, -0.2) is 29.0 Å². The number of carbonyl (C=O) groups is 1. The van der Waals surface area contributed by atoms with Crippen molar-refractivity contribution >= 4 is 5.97 Å². The molecule has 5 saturated carbocycles. The lowest BCUT2D eigenvalue weighted by Gasteiger charge is -2.32. The number of halogens is 3. The van der Waals surface area contributed by atoms with Gasteiger partial charge in [-0.1, -0.05) is 83.1 Å². The van der Waals surface area contributed by atoms with Gasteiger partial charge in [0, 0.05) is 6.61 Å². The number of alkyl halides is 3. The Morgan fingerprint density at radius 3 is 1.20 bits per heavy atom. The number of aliphatic hydroxyl groups excluding tert-OH is 1. The highest BCUT2D eigenvalue weighted by Gasteiger charge is 2.68. The van der Waals surface area contributed by atoms with Gasteiger partial charge in [0.2, 0.25) is 0 Å². The molecule has 0 aromatic rings. The molecule has 41 heavy (non-hydrogen) atoms. The van der Waals surface area contributed by atoms with Crippen LogP contribution in [0.1, 0.15) is 147 Å². The molecule has 0 heterocycles. The molecule has 3 nitrogen and oxygen atoms in total. The summed E-state index contributed by atoms with van der Waals surface area (Å²) in [5, 5.41) is 17.5. The molecule has 0 spiro atoms. The Morgan fingerprint density at radius 2 is 1.20 bits per heavy atom. The molecular formula is C35H65F3O3. The lowest BCUT2D eigenvalue weighted by molar-refractivity contribution is -0.215. The fraction of sp³-hybridized carbons (Fsp3) is 0.971. The zero-order valence-electron chi connectivity index (χ0n) is 28.6. The Labute approximate surface area is 250 Å². The highest BCUT2D eigenvalue weighted by molar-refractivity contribution is 5.78. The maximum absolute atomic E-state index is 12.4. The van der Waals surface area contributed by atoms with Crippen molar-refractivity contribution in [3.05, 3.63) is 0 Å². The maximum Gasteiger partial charge on any atom is 0.395 e. The van der Waals surface area contributed by atoms with E-state index in [1.807, 2.05) is 13.8 Å². The average molecular weight is 591 g/mol. The normalized spacial score (nSPS) is 23.5. The van der Waals surface area contributed by atoms with Crippen LogP contribution in [0.3, 0.4) is 0 Å². The van der Waals surface area contributed by atoms with Crippen molar-refractivity contribution in [3.8, 4) is 0 Å². The number of rotatable bonds is 6. The lowest BCUT2D eigenvalue weighted by Crippen LogP contribution is -2.36. The van der Waals surface area contributed by atoms with Gasteiger partial charge < -0.3 is 10.2 Å². The SMILES string of the molecule is CC(C)(C)C1(C(F)(F)F)CC1.CC(C)C1(C(=O)O)CC1.CC(C)C1(C)CC1.CC(C)C1(CO)CC1.CC(C)C1CC1. The second-order valence-corrected chi connectivity index (χ2v) is 16.5. The largest absolute Gasteiger partial charge is 0.481 e. The van der Waals surface area contributed by atoms with E-state index in [1.54, 1.807) is 20.8 Å². The molecule has 5 fully saturated rings. The predicted molar refractivity (Wildman–Crippen MR) is 165 cm³/mol. The fourth-order valence-electron chi connectivity index (χ4n) is 5.37. The molecule has 0 bridgehead atoms. The summed E-state index contributed by atoms with van der Waals surface area (Å²) >= 11 is 0. The summed E-state index contributed by atoms with van der Waals surface area (Å²) in [5.41, 5.74) is -1.24. The van der Waals surface area contributed by atoms with Crippen LogP contribution in [-0.2, 0) is 4.79 Å². The topological polar surface area (TPSA) is 57.5 Å². The second kappa shape index (κ2) is 13.9. The lowest BCUT2D eigenvalue weighted by atomic mass is 9.77. The van der Waals surface area contributed by atoms with E-state index in [4.69, 9.17) is 10.2 Å². The van der Waals surface area contributed by atoms with Crippen molar-refractivity contribution < 1.29 is 28.2 Å². The van der Waals surface area contributed by atoms with Crippen molar-refractivity contribution in [2.24, 2.45) is 56.7 Å². The molecule has 0 saturated heterocycles. The van der Waals surface area contributed by atoms with Crippen LogP contribution in [0.5, 0.6) is 0 Å². The first kappa shape index (κ1) is 38.2. The number of aliphatic hydroxyl groups is 1. The monoisotopic (exact) mass is 590 g/mol. The first-order chi connectivity index (χ1) is 18.5. The quantitative estimate of drug-likeness (QED) is 0.323. The van der Waals surface area contributed by atoms with Gasteiger partial charge in [-0.05, 0) is 110 Å². The Hall–Kier alpha value is -0.780. The molecule has 0 aromatic heterocycles. The Kier molecular flexibility index (Phi) is 13.0. The molecule has 5 rings (SSSR count). The standard InChI is InChI=1S/C8H13F3.C7H12O2.C7H14O.C7H14.C6H12/c1-6(2,3)7(4-5-7)8(9,10)11;1-5(2)7(3-4-7)6(8)9;1-6(2)7(5-8)3-4-7;1-6(2)7(3)4-5-7;1-5(2)6-3-4-6/h4-5H2,1-3H3;5H,3-4H2,1-2H3,(H,8,9);6,8H,3-5H2,1-2H3;6H,4-5H2,1-3H3;5-6H,3-4H2,1-2H3. The molecule has 6 heteroatoms. The summed E-state index contributed by atoms with van der Waals surface area (Å²) in [6.45, 7) is 25.3. The van der Waals surface area contributed by atoms with Gasteiger partial charge in [0.15, 0.2) is 0 Å². The third kappa shape index (κ3) is 10.7. The number of aliphatic carboxylic acids is 1. The third-order valence-corrected chi connectivity index (χ3v) is 11.5. The van der Waals surface area contributed by atoms with Crippen LogP contribution < -0.4 is 0 Å². The van der Waals surface area contributed by atoms with Crippen LogP contribution in [0.4, 0.5) is 13.2 Å². The molecule has 0 radical (unpaired) electrons. The fourth-order valence-corrected chi connectivity index (χ4v) is 5.37. The molecule has 5 aliphatic carbocycles. The van der Waals surface area contributed by atoms with Gasteiger partial charge in [-0.15, -0.1) is 0 Å². The zero-order chi connectivity index (χ0) is 32.2. The van der Waals surface area contributed by atoms with Gasteiger partial charge in [0.25, 0.3) is 0 Å². The van der Waals surface area contributed by atoms with Gasteiger partial charge >= 0.3 is 12.1 Å². The van der Waals surface area contributed by atoms with Crippen molar-refractivity contribution in [2.45, 2.75) is 153 Å². The molecule has 0 atom stereocenters. The second-order valence-electron chi connectivity index (χ2n) is 16.5. The predicted octanol–water partition coefficient (Wildman–Crippen LogP) is 10.8. The highest BCUT2D eigenvalue weighted by atomic mass is 19.4. The Morgan fingerprint density at radius 1 is 0.756 bits per heavy atom. The van der Waals surface area contributed by atoms with E-state index in [9.17, 15) is 18.0 Å². The van der Waals surface area contributed by atoms with Crippen molar-refractivity contribution in [1.29, 1.82) is 0 Å². The minimum absolute atomic E-state index is 0.301. The summed E-state index contributed by atoms with van der Waals surface area (Å²) in [5.74, 6) is 3.34. The van der Waals surface area contributed by atoms with E-state index >= 15 is 0 Å². The van der Waals surface area contributed by atoms with Gasteiger partial charge in [0.05, 0.1) is 10.8 Å². The number of carboxylic acid groups (broad SMARTS) is 1. The van der Waals surface area contributed by atoms with Crippen LogP contribution in [0, 0.1) is 56.7 Å². The summed E-state index contributed by atoms with van der Waals surface area (Å²) in [6, 6.07) is 0. The van der Waals surface area contributed by atoms with Crippen molar-refractivity contribution in [1.82, 2.24) is 0 Å². The first-order valence-electron chi connectivity index (χ1n) is 16.4. The minimum atomic E-state index is -4.01. The van der Waals surface area contributed by atoms with Crippen molar-refractivity contribution in [2.75, 3.05) is 6.61 Å². The van der Waals surface area contributed by atoms with Crippen LogP contribution >= 0.6 is 0 Å². The van der Waals surface area contributed by atoms with Crippen LogP contribution in [0.15, 0.2) is 0 Å². The Balaban J connectivity index is 0.000000260. The number of hydrogen-bond acceptors (Lipinski definition) is 2. The molecule has 244 valence electrons. The number of carboxylic acids is 1. The van der Waals surface area contributed by atoms with E-state index < -0.39 is 23.0 Å². The summed E-state index contributed by atoms with van der Waals surface area (Å²) in [4.78, 5) is 10.5. The molecular weight excluding hydrogens is 525 g/mol. The molecule has 0 aromatic carbocycles. The third-order valence-electron chi connectivity index (χ3n) is 11.5. The molecule has 0 amide bonds. The van der Waals surface area contributed by atoms with E-state index in [2.05, 4.69) is 48.5 Å². The molecule has 0 aliphatic heterocycles. The molecule has 0 unspecified atom stereocenters. The maximum atomic E-state index is 12.4. The smallest absolute Gasteiger partial charge is 0.395 e. The minimum Gasteiger partial charge on any atom is -0.481 e. The summed E-state index contributed by atoms with van der Waals surface area (Å²) in [6.07, 6.45) is 6.75. The average Bonchev–Trinajstić information content (AvgIpc) is 3.69. The summed E-state index contributed by atoms with van der Waals surface area (Å²) < 4.78 is 37.2. The van der Waals surface area contributed by atoms with Gasteiger partial charge in [0.1, 0.15) is 0 Å². The van der Waals surface area contributed by atoms with E-state index in [0.717, 1.165) is 36.0 Å². The zero-order valence-corrected chi connectivity index (χ0v) is 28.6. The molecule has 2 N–H and O–H groups in total. The van der Waals surface area contributed by atoms with E-state index in [1.165, 1.54) is 38.5 Å². The van der Waals surface area contributed by atoms with Crippen LogP contribution in [0.2, 0.25) is 0 Å². The molecule has 5 aliphatic rings. The number of hydrogen-bond donors (Lipinski definition) is 2. The van der Waals surface area contributed by atoms with Gasteiger partial charge in [-0.2, -0.15) is 13.2 Å². The Bertz CT molecular complexity index is 784. The van der Waals surface area contributed by atoms with Crippen molar-refractivity contribution in [3.63, 3.8) is 0 Å². The van der Waals surface area contributed by atoms with Crippen LogP contribution in [0.25, 0.3) is 0 Å².